The molecule has 4 atom stereocenters. The van der Waals surface area contributed by atoms with Gasteiger partial charge in [-0.1, -0.05) is 37.1 Å². The predicted molar refractivity (Wildman–Crippen MR) is 146 cm³/mol. The summed E-state index contributed by atoms with van der Waals surface area (Å²) in [5.74, 6) is 0.462. The zero-order valence-corrected chi connectivity index (χ0v) is 23.4. The summed E-state index contributed by atoms with van der Waals surface area (Å²) < 4.78 is 46.0. The topological polar surface area (TPSA) is 110 Å². The van der Waals surface area contributed by atoms with Crippen LogP contribution in [0.3, 0.4) is 0 Å². The van der Waals surface area contributed by atoms with Crippen molar-refractivity contribution in [2.24, 2.45) is 11.8 Å². The van der Waals surface area contributed by atoms with E-state index in [1.165, 1.54) is 16.4 Å². The number of aryl methyl sites for hydroxylation is 1. The van der Waals surface area contributed by atoms with Gasteiger partial charge in [0.1, 0.15) is 5.49 Å². The summed E-state index contributed by atoms with van der Waals surface area (Å²) in [7, 11) is -4.85. The smallest absolute Gasteiger partial charge is 0.269 e. The van der Waals surface area contributed by atoms with Gasteiger partial charge in [-0.15, -0.1) is 0 Å². The number of fused-ring (bicyclic) bond motifs is 1. The van der Waals surface area contributed by atoms with Crippen molar-refractivity contribution in [1.82, 2.24) is 18.2 Å². The SMILES string of the molecule is CC/C(C)=C(\C1CC(NS(=O)C2CC2)CC1C)n1c(=N)cnc2c1ccn2S(=O)(=O)c1ccc(C)cc1. The van der Waals surface area contributed by atoms with Gasteiger partial charge in [0.25, 0.3) is 10.0 Å². The molecule has 2 heterocycles. The second-order valence-electron chi connectivity index (χ2n) is 10.5. The van der Waals surface area contributed by atoms with Gasteiger partial charge in [-0.05, 0) is 70.1 Å². The third-order valence-corrected chi connectivity index (χ3v) is 11.0. The highest BCUT2D eigenvalue weighted by atomic mass is 32.2. The summed E-state index contributed by atoms with van der Waals surface area (Å²) in [4.78, 5) is 4.60. The Labute approximate surface area is 221 Å². The Morgan fingerprint density at radius 2 is 1.89 bits per heavy atom. The van der Waals surface area contributed by atoms with Crippen molar-refractivity contribution >= 4 is 37.9 Å². The molecule has 2 aliphatic carbocycles. The standard InChI is InChI=1S/C27H35N5O3S2/c1-5-18(3)26(23-15-20(14-19(23)4)30-36(33)21-8-9-21)32-24-12-13-31(27(24)29-16-25(32)28)37(34,35)22-10-6-17(2)7-11-22/h6-7,10-13,16,19-21,23,28,30H,5,8-9,14-15H2,1-4H3/b26-18+,28-25?. The minimum atomic E-state index is -3.85. The molecular formula is C27H35N5O3S2. The lowest BCUT2D eigenvalue weighted by Crippen LogP contribution is -2.31. The molecule has 37 heavy (non-hydrogen) atoms. The van der Waals surface area contributed by atoms with Crippen LogP contribution in [-0.4, -0.2) is 37.4 Å². The largest absolute Gasteiger partial charge is 0.294 e. The van der Waals surface area contributed by atoms with Crippen LogP contribution in [0.1, 0.15) is 58.4 Å². The molecule has 10 heteroatoms. The van der Waals surface area contributed by atoms with Gasteiger partial charge in [0.15, 0.2) is 5.65 Å². The van der Waals surface area contributed by atoms with Crippen molar-refractivity contribution in [2.45, 2.75) is 76.0 Å². The molecule has 2 N–H and O–H groups in total. The zero-order valence-electron chi connectivity index (χ0n) is 21.8. The second kappa shape index (κ2) is 9.96. The van der Waals surface area contributed by atoms with E-state index in [9.17, 15) is 12.6 Å². The maximum absolute atomic E-state index is 13.5. The van der Waals surface area contributed by atoms with Gasteiger partial charge in [-0.3, -0.25) is 9.98 Å². The summed E-state index contributed by atoms with van der Waals surface area (Å²) in [5.41, 5.74) is 4.27. The molecule has 0 aliphatic heterocycles. The number of rotatable bonds is 8. The maximum Gasteiger partial charge on any atom is 0.269 e. The Kier molecular flexibility index (Phi) is 7.02. The molecule has 198 valence electrons. The Morgan fingerprint density at radius 3 is 2.54 bits per heavy atom. The van der Waals surface area contributed by atoms with E-state index in [2.05, 4.69) is 30.5 Å². The average molecular weight is 542 g/mol. The van der Waals surface area contributed by atoms with Crippen molar-refractivity contribution in [3.05, 3.63) is 59.3 Å². The van der Waals surface area contributed by atoms with E-state index in [-0.39, 0.29) is 27.6 Å². The van der Waals surface area contributed by atoms with E-state index in [1.807, 2.05) is 11.5 Å². The van der Waals surface area contributed by atoms with Crippen molar-refractivity contribution in [1.29, 1.82) is 5.41 Å². The Hall–Kier alpha value is -2.56. The molecule has 0 radical (unpaired) electrons. The molecule has 8 nitrogen and oxygen atoms in total. The molecule has 2 fully saturated rings. The average Bonchev–Trinajstić information content (AvgIpc) is 3.53. The summed E-state index contributed by atoms with van der Waals surface area (Å²) in [6.45, 7) is 8.32. The van der Waals surface area contributed by atoms with E-state index in [0.717, 1.165) is 48.9 Å². The molecule has 0 spiro atoms. The first-order valence-corrected chi connectivity index (χ1v) is 15.6. The number of nitrogens with zero attached hydrogens (tertiary/aromatic N) is 3. The predicted octanol–water partition coefficient (Wildman–Crippen LogP) is 4.33. The van der Waals surface area contributed by atoms with Gasteiger partial charge < -0.3 is 0 Å². The van der Waals surface area contributed by atoms with Gasteiger partial charge in [-0.2, -0.15) is 0 Å². The number of allylic oxidation sites excluding steroid dienone is 2. The highest BCUT2D eigenvalue weighted by Crippen LogP contribution is 2.42. The molecule has 4 unspecified atom stereocenters. The fourth-order valence-corrected chi connectivity index (χ4v) is 7.98. The van der Waals surface area contributed by atoms with Crippen LogP contribution in [0.25, 0.3) is 16.9 Å². The number of hydrogen-bond donors (Lipinski definition) is 2. The Bertz CT molecular complexity index is 1550. The van der Waals surface area contributed by atoms with Crippen molar-refractivity contribution in [3.63, 3.8) is 0 Å². The molecule has 2 aromatic heterocycles. The van der Waals surface area contributed by atoms with E-state index < -0.39 is 21.0 Å². The quantitative estimate of drug-likeness (QED) is 0.442. The molecular weight excluding hydrogens is 506 g/mol. The Balaban J connectivity index is 1.58. The maximum atomic E-state index is 13.5. The summed E-state index contributed by atoms with van der Waals surface area (Å²) >= 11 is 0. The van der Waals surface area contributed by atoms with Crippen molar-refractivity contribution in [2.75, 3.05) is 0 Å². The number of nitrogens with one attached hydrogen (secondary N) is 2. The molecule has 2 saturated carbocycles. The minimum Gasteiger partial charge on any atom is -0.294 e. The fourth-order valence-electron chi connectivity index (χ4n) is 5.40. The normalized spacial score (nSPS) is 23.8. The number of aromatic nitrogens is 3. The lowest BCUT2D eigenvalue weighted by Gasteiger charge is -2.25. The fraction of sp³-hybridized carbons (Fsp3) is 0.481. The summed E-state index contributed by atoms with van der Waals surface area (Å²) in [5, 5.41) is 9.09. The highest BCUT2D eigenvalue weighted by molar-refractivity contribution is 7.90. The van der Waals surface area contributed by atoms with Crippen LogP contribution in [0.2, 0.25) is 0 Å². The van der Waals surface area contributed by atoms with Crippen LogP contribution in [0.4, 0.5) is 0 Å². The van der Waals surface area contributed by atoms with Crippen molar-refractivity contribution < 1.29 is 12.6 Å². The molecule has 3 aromatic rings. The van der Waals surface area contributed by atoms with Crippen LogP contribution >= 0.6 is 0 Å². The monoisotopic (exact) mass is 541 g/mol. The van der Waals surface area contributed by atoms with Gasteiger partial charge in [0.2, 0.25) is 0 Å². The van der Waals surface area contributed by atoms with E-state index in [4.69, 9.17) is 5.41 Å². The van der Waals surface area contributed by atoms with E-state index in [1.54, 1.807) is 30.3 Å². The first kappa shape index (κ1) is 26.1. The Morgan fingerprint density at radius 1 is 1.19 bits per heavy atom. The van der Waals surface area contributed by atoms with Gasteiger partial charge in [0, 0.05) is 29.1 Å². The van der Waals surface area contributed by atoms with Crippen LogP contribution in [0, 0.1) is 24.2 Å². The van der Waals surface area contributed by atoms with Crippen LogP contribution in [0.5, 0.6) is 0 Å². The number of benzene rings is 1. The molecule has 2 aliphatic rings. The summed E-state index contributed by atoms with van der Waals surface area (Å²) in [6, 6.07) is 8.67. The van der Waals surface area contributed by atoms with Gasteiger partial charge in [0.05, 0.1) is 27.6 Å². The first-order chi connectivity index (χ1) is 17.6. The van der Waals surface area contributed by atoms with Crippen molar-refractivity contribution in [3.8, 4) is 0 Å². The molecule has 1 aromatic carbocycles. The van der Waals surface area contributed by atoms with Crippen LogP contribution < -0.4 is 10.2 Å². The lowest BCUT2D eigenvalue weighted by atomic mass is 9.90. The third-order valence-electron chi connectivity index (χ3n) is 7.73. The summed E-state index contributed by atoms with van der Waals surface area (Å²) in [6.07, 6.45) is 7.57. The molecule has 0 saturated heterocycles. The molecule has 0 bridgehead atoms. The second-order valence-corrected chi connectivity index (χ2v) is 13.8. The molecule has 0 amide bonds. The van der Waals surface area contributed by atoms with Gasteiger partial charge in [-0.25, -0.2) is 26.3 Å². The minimum absolute atomic E-state index is 0.144. The van der Waals surface area contributed by atoms with Crippen LogP contribution in [-0.2, 0) is 21.0 Å². The first-order valence-electron chi connectivity index (χ1n) is 12.9. The van der Waals surface area contributed by atoms with Crippen LogP contribution in [0.15, 0.2) is 53.2 Å². The van der Waals surface area contributed by atoms with E-state index >= 15 is 0 Å². The van der Waals surface area contributed by atoms with E-state index in [0.29, 0.717) is 17.1 Å². The number of hydrogen-bond acceptors (Lipinski definition) is 5. The molecule has 5 rings (SSSR count). The lowest BCUT2D eigenvalue weighted by molar-refractivity contribution is 0.497. The van der Waals surface area contributed by atoms with Gasteiger partial charge >= 0.3 is 0 Å². The highest BCUT2D eigenvalue weighted by Gasteiger charge is 2.38. The third kappa shape index (κ3) is 4.86. The zero-order chi connectivity index (χ0) is 26.5.